The molecular formula is C15H21FN2O. The number of halogens is 1. The highest BCUT2D eigenvalue weighted by Crippen LogP contribution is 2.17. The van der Waals surface area contributed by atoms with Crippen molar-refractivity contribution >= 4 is 5.91 Å². The third-order valence-electron chi connectivity index (χ3n) is 3.55. The van der Waals surface area contributed by atoms with E-state index < -0.39 is 5.82 Å². The maximum atomic E-state index is 13.8. The Morgan fingerprint density at radius 2 is 2.32 bits per heavy atom. The molecule has 1 N–H and O–H groups in total. The number of carbonyl (C=O) groups is 1. The lowest BCUT2D eigenvalue weighted by Crippen LogP contribution is -2.42. The van der Waals surface area contributed by atoms with Gasteiger partial charge in [-0.15, -0.1) is 0 Å². The summed E-state index contributed by atoms with van der Waals surface area (Å²) < 4.78 is 13.8. The molecule has 1 atom stereocenters. The standard InChI is InChI=1S/C15H21FN2O/c1-3-8-18(12-6-7-17-10-12)15(19)13-9-11(2)4-5-14(13)16/h4-5,9,12,17H,3,6-8,10H2,1-2H3. The molecule has 0 aromatic heterocycles. The molecule has 0 spiro atoms. The molecule has 1 aliphatic heterocycles. The first-order valence-corrected chi connectivity index (χ1v) is 6.91. The summed E-state index contributed by atoms with van der Waals surface area (Å²) in [6, 6.07) is 4.89. The number of nitrogens with one attached hydrogen (secondary N) is 1. The lowest BCUT2D eigenvalue weighted by Gasteiger charge is -2.28. The van der Waals surface area contributed by atoms with Gasteiger partial charge in [0.25, 0.3) is 5.91 Å². The summed E-state index contributed by atoms with van der Waals surface area (Å²) in [6.45, 7) is 6.32. The van der Waals surface area contributed by atoms with Gasteiger partial charge in [-0.05, 0) is 38.4 Å². The Balaban J connectivity index is 2.25. The van der Waals surface area contributed by atoms with E-state index >= 15 is 0 Å². The van der Waals surface area contributed by atoms with Crippen molar-refractivity contribution in [1.82, 2.24) is 10.2 Å². The molecule has 1 saturated heterocycles. The van der Waals surface area contributed by atoms with Crippen LogP contribution in [-0.2, 0) is 0 Å². The van der Waals surface area contributed by atoms with Crippen molar-refractivity contribution in [2.45, 2.75) is 32.7 Å². The quantitative estimate of drug-likeness (QED) is 0.905. The largest absolute Gasteiger partial charge is 0.334 e. The summed E-state index contributed by atoms with van der Waals surface area (Å²) in [6.07, 6.45) is 1.83. The Labute approximate surface area is 113 Å². The fourth-order valence-corrected chi connectivity index (χ4v) is 2.55. The monoisotopic (exact) mass is 264 g/mol. The number of hydrogen-bond donors (Lipinski definition) is 1. The first kappa shape index (κ1) is 14.0. The molecule has 0 saturated carbocycles. The normalized spacial score (nSPS) is 18.6. The van der Waals surface area contributed by atoms with E-state index in [4.69, 9.17) is 0 Å². The van der Waals surface area contributed by atoms with Gasteiger partial charge >= 0.3 is 0 Å². The minimum absolute atomic E-state index is 0.184. The van der Waals surface area contributed by atoms with E-state index in [9.17, 15) is 9.18 Å². The van der Waals surface area contributed by atoms with Gasteiger partial charge in [-0.25, -0.2) is 4.39 Å². The van der Waals surface area contributed by atoms with Crippen LogP contribution in [-0.4, -0.2) is 36.5 Å². The fraction of sp³-hybridized carbons (Fsp3) is 0.533. The molecule has 1 heterocycles. The topological polar surface area (TPSA) is 32.3 Å². The summed E-state index contributed by atoms with van der Waals surface area (Å²) in [5.41, 5.74) is 1.10. The van der Waals surface area contributed by atoms with Crippen molar-refractivity contribution in [3.63, 3.8) is 0 Å². The third kappa shape index (κ3) is 3.13. The predicted molar refractivity (Wildman–Crippen MR) is 73.7 cm³/mol. The summed E-state index contributed by atoms with van der Waals surface area (Å²) >= 11 is 0. The van der Waals surface area contributed by atoms with Crippen LogP contribution in [0.2, 0.25) is 0 Å². The first-order valence-electron chi connectivity index (χ1n) is 6.91. The van der Waals surface area contributed by atoms with Gasteiger partial charge < -0.3 is 10.2 Å². The maximum absolute atomic E-state index is 13.8. The lowest BCUT2D eigenvalue weighted by atomic mass is 10.1. The SMILES string of the molecule is CCCN(C(=O)c1cc(C)ccc1F)C1CCNC1. The molecule has 2 rings (SSSR count). The lowest BCUT2D eigenvalue weighted by molar-refractivity contribution is 0.0687. The van der Waals surface area contributed by atoms with Gasteiger partial charge in [0.15, 0.2) is 0 Å². The highest BCUT2D eigenvalue weighted by molar-refractivity contribution is 5.95. The Hall–Kier alpha value is -1.42. The van der Waals surface area contributed by atoms with Crippen LogP contribution < -0.4 is 5.32 Å². The van der Waals surface area contributed by atoms with Crippen LogP contribution in [0.25, 0.3) is 0 Å². The van der Waals surface area contributed by atoms with Crippen molar-refractivity contribution in [1.29, 1.82) is 0 Å². The second-order valence-electron chi connectivity index (χ2n) is 5.13. The van der Waals surface area contributed by atoms with Gasteiger partial charge in [0, 0.05) is 19.1 Å². The van der Waals surface area contributed by atoms with E-state index in [2.05, 4.69) is 5.32 Å². The highest BCUT2D eigenvalue weighted by atomic mass is 19.1. The van der Waals surface area contributed by atoms with Crippen molar-refractivity contribution in [3.8, 4) is 0 Å². The molecule has 1 aromatic carbocycles. The van der Waals surface area contributed by atoms with Crippen molar-refractivity contribution < 1.29 is 9.18 Å². The highest BCUT2D eigenvalue weighted by Gasteiger charge is 2.28. The smallest absolute Gasteiger partial charge is 0.257 e. The number of aryl methyl sites for hydroxylation is 1. The van der Waals surface area contributed by atoms with Crippen LogP contribution in [0.15, 0.2) is 18.2 Å². The van der Waals surface area contributed by atoms with Crippen LogP contribution >= 0.6 is 0 Å². The summed E-state index contributed by atoms with van der Waals surface area (Å²) in [4.78, 5) is 14.4. The molecular weight excluding hydrogens is 243 g/mol. The zero-order valence-electron chi connectivity index (χ0n) is 11.6. The van der Waals surface area contributed by atoms with Crippen LogP contribution in [0, 0.1) is 12.7 Å². The van der Waals surface area contributed by atoms with Gasteiger partial charge in [-0.1, -0.05) is 18.6 Å². The molecule has 1 unspecified atom stereocenters. The summed E-state index contributed by atoms with van der Waals surface area (Å²) in [7, 11) is 0. The average molecular weight is 264 g/mol. The van der Waals surface area contributed by atoms with Gasteiger partial charge in [-0.2, -0.15) is 0 Å². The van der Waals surface area contributed by atoms with Gasteiger partial charge in [0.2, 0.25) is 0 Å². The molecule has 19 heavy (non-hydrogen) atoms. The molecule has 1 aromatic rings. The maximum Gasteiger partial charge on any atom is 0.257 e. The molecule has 0 aliphatic carbocycles. The zero-order valence-corrected chi connectivity index (χ0v) is 11.6. The van der Waals surface area contributed by atoms with Crippen LogP contribution in [0.5, 0.6) is 0 Å². The van der Waals surface area contributed by atoms with Crippen molar-refractivity contribution in [2.24, 2.45) is 0 Å². The predicted octanol–water partition coefficient (Wildman–Crippen LogP) is 2.35. The van der Waals surface area contributed by atoms with E-state index in [-0.39, 0.29) is 17.5 Å². The number of carbonyl (C=O) groups excluding carboxylic acids is 1. The van der Waals surface area contributed by atoms with Crippen LogP contribution in [0.1, 0.15) is 35.7 Å². The zero-order chi connectivity index (χ0) is 13.8. The molecule has 1 fully saturated rings. The minimum atomic E-state index is -0.428. The number of amides is 1. The Morgan fingerprint density at radius 3 is 2.95 bits per heavy atom. The molecule has 0 radical (unpaired) electrons. The minimum Gasteiger partial charge on any atom is -0.334 e. The second kappa shape index (κ2) is 6.15. The summed E-state index contributed by atoms with van der Waals surface area (Å²) in [5.74, 6) is -0.612. The van der Waals surface area contributed by atoms with E-state index in [1.165, 1.54) is 6.07 Å². The molecule has 1 aliphatic rings. The fourth-order valence-electron chi connectivity index (χ4n) is 2.55. The van der Waals surface area contributed by atoms with Crippen LogP contribution in [0.3, 0.4) is 0 Å². The Kier molecular flexibility index (Phi) is 4.53. The van der Waals surface area contributed by atoms with Gasteiger partial charge in [-0.3, -0.25) is 4.79 Å². The number of rotatable bonds is 4. The second-order valence-corrected chi connectivity index (χ2v) is 5.13. The number of nitrogens with zero attached hydrogens (tertiary/aromatic N) is 1. The van der Waals surface area contributed by atoms with E-state index in [0.29, 0.717) is 6.54 Å². The molecule has 0 bridgehead atoms. The number of benzene rings is 1. The molecule has 1 amide bonds. The number of hydrogen-bond acceptors (Lipinski definition) is 2. The van der Waals surface area contributed by atoms with Crippen LogP contribution in [0.4, 0.5) is 4.39 Å². The molecule has 4 heteroatoms. The summed E-state index contributed by atoms with van der Waals surface area (Å²) in [5, 5.41) is 3.26. The average Bonchev–Trinajstić information content (AvgIpc) is 2.92. The Morgan fingerprint density at radius 1 is 1.53 bits per heavy atom. The van der Waals surface area contributed by atoms with Crippen molar-refractivity contribution in [2.75, 3.05) is 19.6 Å². The first-order chi connectivity index (χ1) is 9.13. The van der Waals surface area contributed by atoms with Gasteiger partial charge in [0.1, 0.15) is 5.82 Å². The van der Waals surface area contributed by atoms with E-state index in [1.807, 2.05) is 18.7 Å². The van der Waals surface area contributed by atoms with E-state index in [0.717, 1.165) is 31.5 Å². The Bertz CT molecular complexity index is 455. The molecule has 104 valence electrons. The van der Waals surface area contributed by atoms with Crippen molar-refractivity contribution in [3.05, 3.63) is 35.1 Å². The van der Waals surface area contributed by atoms with E-state index in [1.54, 1.807) is 12.1 Å². The van der Waals surface area contributed by atoms with Gasteiger partial charge in [0.05, 0.1) is 5.56 Å². The molecule has 3 nitrogen and oxygen atoms in total. The third-order valence-corrected chi connectivity index (χ3v) is 3.55.